The summed E-state index contributed by atoms with van der Waals surface area (Å²) in [6.45, 7) is 8.31. The molecule has 2 heterocycles. The highest BCUT2D eigenvalue weighted by Crippen LogP contribution is 2.43. The van der Waals surface area contributed by atoms with Crippen LogP contribution in [-0.4, -0.2) is 18.3 Å². The molecule has 1 aromatic heterocycles. The zero-order chi connectivity index (χ0) is 30.8. The van der Waals surface area contributed by atoms with Crippen LogP contribution < -0.4 is 10.4 Å². The summed E-state index contributed by atoms with van der Waals surface area (Å²) < 4.78 is 19.8. The van der Waals surface area contributed by atoms with Gasteiger partial charge in [0.2, 0.25) is 0 Å². The molecule has 5 heteroatoms. The molecule has 1 saturated heterocycles. The van der Waals surface area contributed by atoms with E-state index in [0.717, 1.165) is 44.5 Å². The van der Waals surface area contributed by atoms with Crippen molar-refractivity contribution < 1.29 is 13.7 Å². The van der Waals surface area contributed by atoms with Gasteiger partial charge in [0.05, 0.1) is 16.9 Å². The minimum Gasteiger partial charge on any atom is -0.454 e. The van der Waals surface area contributed by atoms with Crippen LogP contribution in [0.5, 0.6) is 0 Å². The van der Waals surface area contributed by atoms with Gasteiger partial charge in [0.15, 0.2) is 5.58 Å². The van der Waals surface area contributed by atoms with E-state index in [-0.39, 0.29) is 0 Å². The molecule has 0 spiro atoms. The van der Waals surface area contributed by atoms with E-state index in [1.54, 1.807) is 0 Å². The van der Waals surface area contributed by atoms with Crippen molar-refractivity contribution in [1.29, 1.82) is 0 Å². The Bertz CT molecular complexity index is 2170. The standard InChI is InChI=1S/C40H34BNO3/c1-39(2)40(3,4)45-41(44-39)35-18-10-16-33-34-17-11-19-36(38(34)43-37(33)35)42(32-25-22-28-14-8-9-15-30(28)26-32)31-23-20-29(21-24-31)27-12-6-5-7-13-27/h5-26H,1-4H3. The third-order valence-corrected chi connectivity index (χ3v) is 9.51. The third kappa shape index (κ3) is 4.62. The van der Waals surface area contributed by atoms with Gasteiger partial charge in [-0.1, -0.05) is 103 Å². The molecule has 6 aromatic carbocycles. The van der Waals surface area contributed by atoms with Crippen molar-refractivity contribution in [2.24, 2.45) is 0 Å². The molecule has 0 unspecified atom stereocenters. The number of hydrogen-bond acceptors (Lipinski definition) is 4. The number of anilines is 3. The van der Waals surface area contributed by atoms with Crippen LogP contribution in [0.2, 0.25) is 0 Å². The van der Waals surface area contributed by atoms with Crippen molar-refractivity contribution in [3.8, 4) is 11.1 Å². The van der Waals surface area contributed by atoms with Crippen LogP contribution in [0.4, 0.5) is 17.1 Å². The zero-order valence-electron chi connectivity index (χ0n) is 26.0. The van der Waals surface area contributed by atoms with E-state index in [9.17, 15) is 0 Å². The maximum Gasteiger partial charge on any atom is 0.498 e. The summed E-state index contributed by atoms with van der Waals surface area (Å²) in [7, 11) is -0.523. The van der Waals surface area contributed by atoms with Gasteiger partial charge in [-0.3, -0.25) is 0 Å². The van der Waals surface area contributed by atoms with Crippen LogP contribution in [0.15, 0.2) is 138 Å². The van der Waals surface area contributed by atoms with Crippen LogP contribution in [0, 0.1) is 0 Å². The van der Waals surface area contributed by atoms with E-state index < -0.39 is 18.3 Å². The topological polar surface area (TPSA) is 34.8 Å². The van der Waals surface area contributed by atoms with Gasteiger partial charge in [-0.2, -0.15) is 0 Å². The molecular formula is C40H34BNO3. The van der Waals surface area contributed by atoms with E-state index in [1.165, 1.54) is 21.9 Å². The number of furan rings is 1. The van der Waals surface area contributed by atoms with E-state index in [2.05, 4.69) is 160 Å². The normalized spacial score (nSPS) is 15.7. The van der Waals surface area contributed by atoms with Crippen molar-refractivity contribution >= 4 is 62.4 Å². The Morgan fingerprint density at radius 1 is 0.511 bits per heavy atom. The molecule has 0 radical (unpaired) electrons. The lowest BCUT2D eigenvalue weighted by Crippen LogP contribution is -2.41. The van der Waals surface area contributed by atoms with Crippen molar-refractivity contribution in [2.75, 3.05) is 4.90 Å². The van der Waals surface area contributed by atoms with Crippen LogP contribution in [-0.2, 0) is 9.31 Å². The molecule has 1 aliphatic rings. The van der Waals surface area contributed by atoms with Gasteiger partial charge in [0.1, 0.15) is 5.58 Å². The van der Waals surface area contributed by atoms with Gasteiger partial charge in [0.25, 0.3) is 0 Å². The molecule has 8 rings (SSSR count). The van der Waals surface area contributed by atoms with Gasteiger partial charge in [-0.25, -0.2) is 0 Å². The van der Waals surface area contributed by atoms with E-state index in [4.69, 9.17) is 13.7 Å². The number of rotatable bonds is 5. The first-order valence-corrected chi connectivity index (χ1v) is 15.5. The second-order valence-electron chi connectivity index (χ2n) is 12.8. The van der Waals surface area contributed by atoms with Crippen LogP contribution in [0.3, 0.4) is 0 Å². The number of nitrogens with zero attached hydrogens (tertiary/aromatic N) is 1. The van der Waals surface area contributed by atoms with Crippen molar-refractivity contribution in [3.05, 3.63) is 133 Å². The minimum absolute atomic E-state index is 0.449. The molecule has 4 nitrogen and oxygen atoms in total. The lowest BCUT2D eigenvalue weighted by Gasteiger charge is -2.32. The third-order valence-electron chi connectivity index (χ3n) is 9.51. The molecule has 1 aliphatic heterocycles. The largest absolute Gasteiger partial charge is 0.498 e. The van der Waals surface area contributed by atoms with E-state index in [1.807, 2.05) is 6.07 Å². The molecule has 0 saturated carbocycles. The Morgan fingerprint density at radius 3 is 1.84 bits per heavy atom. The maximum absolute atomic E-state index is 6.87. The van der Waals surface area contributed by atoms with Crippen molar-refractivity contribution in [3.63, 3.8) is 0 Å². The molecule has 0 aliphatic carbocycles. The number of fused-ring (bicyclic) bond motifs is 4. The molecule has 45 heavy (non-hydrogen) atoms. The Morgan fingerprint density at radius 2 is 1.11 bits per heavy atom. The Balaban J connectivity index is 1.31. The second-order valence-corrected chi connectivity index (χ2v) is 12.8. The summed E-state index contributed by atoms with van der Waals surface area (Å²) in [5, 5.41) is 4.47. The van der Waals surface area contributed by atoms with Gasteiger partial charge in [0, 0.05) is 27.6 Å². The van der Waals surface area contributed by atoms with E-state index >= 15 is 0 Å². The highest BCUT2D eigenvalue weighted by molar-refractivity contribution is 6.65. The lowest BCUT2D eigenvalue weighted by atomic mass is 9.78. The average Bonchev–Trinajstić information content (AvgIpc) is 3.55. The van der Waals surface area contributed by atoms with Gasteiger partial charge < -0.3 is 18.6 Å². The Hall–Kier alpha value is -4.84. The summed E-state index contributed by atoms with van der Waals surface area (Å²) in [5.74, 6) is 0. The predicted molar refractivity (Wildman–Crippen MR) is 187 cm³/mol. The fourth-order valence-corrected chi connectivity index (χ4v) is 6.34. The predicted octanol–water partition coefficient (Wildman–Crippen LogP) is 10.2. The van der Waals surface area contributed by atoms with Crippen LogP contribution in [0.1, 0.15) is 27.7 Å². The molecule has 0 atom stereocenters. The van der Waals surface area contributed by atoms with Gasteiger partial charge in [-0.05, 0) is 79.9 Å². The first kappa shape index (κ1) is 27.7. The fourth-order valence-electron chi connectivity index (χ4n) is 6.34. The number of para-hydroxylation sites is 2. The first-order valence-electron chi connectivity index (χ1n) is 15.5. The highest BCUT2D eigenvalue weighted by Gasteiger charge is 2.52. The van der Waals surface area contributed by atoms with Gasteiger partial charge in [-0.15, -0.1) is 0 Å². The summed E-state index contributed by atoms with van der Waals surface area (Å²) in [5.41, 5.74) is 7.04. The van der Waals surface area contributed by atoms with Crippen molar-refractivity contribution in [2.45, 2.75) is 38.9 Å². The molecule has 7 aromatic rings. The number of hydrogen-bond donors (Lipinski definition) is 0. The summed E-state index contributed by atoms with van der Waals surface area (Å²) in [4.78, 5) is 2.29. The maximum atomic E-state index is 6.87. The smallest absolute Gasteiger partial charge is 0.454 e. The molecule has 0 amide bonds. The molecule has 0 bridgehead atoms. The SMILES string of the molecule is CC1(C)OB(c2cccc3c2oc2c(N(c4ccc(-c5ccccc5)cc4)c4ccc5ccccc5c4)cccc23)OC1(C)C. The fraction of sp³-hybridized carbons (Fsp3) is 0.150. The monoisotopic (exact) mass is 587 g/mol. The van der Waals surface area contributed by atoms with Crippen LogP contribution in [0.25, 0.3) is 43.8 Å². The average molecular weight is 588 g/mol. The minimum atomic E-state index is -0.523. The molecule has 0 N–H and O–H groups in total. The summed E-state index contributed by atoms with van der Waals surface area (Å²) in [6, 6.07) is 46.9. The van der Waals surface area contributed by atoms with Gasteiger partial charge >= 0.3 is 7.12 Å². The van der Waals surface area contributed by atoms with Crippen LogP contribution >= 0.6 is 0 Å². The molecule has 220 valence electrons. The Kier molecular flexibility index (Phi) is 6.38. The summed E-state index contributed by atoms with van der Waals surface area (Å²) in [6.07, 6.45) is 0. The second kappa shape index (κ2) is 10.4. The summed E-state index contributed by atoms with van der Waals surface area (Å²) >= 11 is 0. The van der Waals surface area contributed by atoms with Crippen molar-refractivity contribution in [1.82, 2.24) is 0 Å². The highest BCUT2D eigenvalue weighted by atomic mass is 16.7. The number of benzene rings is 6. The molecule has 1 fully saturated rings. The Labute approximate surface area is 264 Å². The zero-order valence-corrected chi connectivity index (χ0v) is 26.0. The lowest BCUT2D eigenvalue weighted by molar-refractivity contribution is 0.00578. The molecular weight excluding hydrogens is 553 g/mol. The first-order chi connectivity index (χ1) is 21.8. The van der Waals surface area contributed by atoms with E-state index in [0.29, 0.717) is 0 Å². The quantitative estimate of drug-likeness (QED) is 0.188.